The Morgan fingerprint density at radius 2 is 1.86 bits per heavy atom. The summed E-state index contributed by atoms with van der Waals surface area (Å²) < 4.78 is 42.4. The van der Waals surface area contributed by atoms with Gasteiger partial charge in [0.15, 0.2) is 11.6 Å². The van der Waals surface area contributed by atoms with Gasteiger partial charge in [-0.3, -0.25) is 0 Å². The van der Waals surface area contributed by atoms with Crippen LogP contribution in [-0.4, -0.2) is 17.1 Å². The summed E-state index contributed by atoms with van der Waals surface area (Å²) in [6, 6.07) is 4.85. The fraction of sp³-hybridized carbons (Fsp3) is 0.231. The Labute approximate surface area is 119 Å². The monoisotopic (exact) mass is 298 g/mol. The van der Waals surface area contributed by atoms with Crippen LogP contribution in [0.4, 0.5) is 24.8 Å². The molecular formula is C13H13F3N4O. The summed E-state index contributed by atoms with van der Waals surface area (Å²) >= 11 is 0. The van der Waals surface area contributed by atoms with Gasteiger partial charge in [0.25, 0.3) is 0 Å². The summed E-state index contributed by atoms with van der Waals surface area (Å²) in [5, 5.41) is 2.94. The molecule has 1 aromatic heterocycles. The van der Waals surface area contributed by atoms with Gasteiger partial charge in [-0.1, -0.05) is 12.1 Å². The third kappa shape index (κ3) is 3.53. The topological polar surface area (TPSA) is 73.1 Å². The number of benzene rings is 1. The van der Waals surface area contributed by atoms with Gasteiger partial charge in [0, 0.05) is 6.54 Å². The first kappa shape index (κ1) is 14.9. The smallest absolute Gasteiger partial charge is 0.416 e. The summed E-state index contributed by atoms with van der Waals surface area (Å²) in [5.74, 6) is 0.858. The number of alkyl halides is 3. The van der Waals surface area contributed by atoms with Crippen molar-refractivity contribution in [3.05, 3.63) is 41.7 Å². The standard InChI is InChI=1S/C13H13F3N4O/c1-21-10-11(17)19-7-20-12(10)18-6-8-2-4-9(5-3-8)13(14,15)16/h2-5,7H,6H2,1H3,(H3,17,18,19,20). The number of ether oxygens (including phenoxy) is 1. The van der Waals surface area contributed by atoms with E-state index in [4.69, 9.17) is 10.5 Å². The van der Waals surface area contributed by atoms with E-state index in [1.54, 1.807) is 0 Å². The molecule has 0 aliphatic carbocycles. The van der Waals surface area contributed by atoms with Crippen molar-refractivity contribution >= 4 is 11.6 Å². The average molecular weight is 298 g/mol. The molecule has 0 aliphatic heterocycles. The number of halogens is 3. The maximum atomic E-state index is 12.5. The second-order valence-electron chi connectivity index (χ2n) is 4.19. The number of nitrogens with two attached hydrogens (primary N) is 1. The lowest BCUT2D eigenvalue weighted by atomic mass is 10.1. The lowest BCUT2D eigenvalue weighted by Crippen LogP contribution is -2.07. The molecule has 8 heteroatoms. The molecule has 21 heavy (non-hydrogen) atoms. The molecule has 0 bridgehead atoms. The van der Waals surface area contributed by atoms with Crippen LogP contribution in [0, 0.1) is 0 Å². The summed E-state index contributed by atoms with van der Waals surface area (Å²) in [7, 11) is 1.43. The number of anilines is 2. The van der Waals surface area contributed by atoms with Gasteiger partial charge in [-0.2, -0.15) is 13.2 Å². The molecule has 0 amide bonds. The highest BCUT2D eigenvalue weighted by Crippen LogP contribution is 2.30. The highest BCUT2D eigenvalue weighted by atomic mass is 19.4. The SMILES string of the molecule is COc1c(N)ncnc1NCc1ccc(C(F)(F)F)cc1. The fourth-order valence-electron chi connectivity index (χ4n) is 1.71. The molecule has 0 aliphatic rings. The molecule has 0 unspecified atom stereocenters. The van der Waals surface area contributed by atoms with Crippen molar-refractivity contribution < 1.29 is 17.9 Å². The van der Waals surface area contributed by atoms with Gasteiger partial charge in [0.2, 0.25) is 5.75 Å². The highest BCUT2D eigenvalue weighted by Gasteiger charge is 2.29. The number of nitrogen functional groups attached to an aromatic ring is 1. The Morgan fingerprint density at radius 3 is 2.43 bits per heavy atom. The zero-order valence-electron chi connectivity index (χ0n) is 11.1. The molecule has 2 rings (SSSR count). The van der Waals surface area contributed by atoms with E-state index in [0.717, 1.165) is 12.1 Å². The van der Waals surface area contributed by atoms with Gasteiger partial charge in [-0.15, -0.1) is 0 Å². The van der Waals surface area contributed by atoms with E-state index in [-0.39, 0.29) is 12.4 Å². The summed E-state index contributed by atoms with van der Waals surface area (Å²) in [6.07, 6.45) is -3.07. The largest absolute Gasteiger partial charge is 0.490 e. The van der Waals surface area contributed by atoms with Crippen molar-refractivity contribution in [2.75, 3.05) is 18.2 Å². The van der Waals surface area contributed by atoms with Gasteiger partial charge in [-0.25, -0.2) is 9.97 Å². The molecule has 5 nitrogen and oxygen atoms in total. The van der Waals surface area contributed by atoms with Crippen molar-refractivity contribution in [3.8, 4) is 5.75 Å². The molecule has 0 fully saturated rings. The molecule has 0 saturated heterocycles. The summed E-state index contributed by atoms with van der Waals surface area (Å²) in [6.45, 7) is 0.283. The second-order valence-corrected chi connectivity index (χ2v) is 4.19. The predicted octanol–water partition coefficient (Wildman–Crippen LogP) is 2.70. The maximum absolute atomic E-state index is 12.5. The van der Waals surface area contributed by atoms with Gasteiger partial charge in [0.05, 0.1) is 12.7 Å². The van der Waals surface area contributed by atoms with Crippen LogP contribution in [-0.2, 0) is 12.7 Å². The number of methoxy groups -OCH3 is 1. The van der Waals surface area contributed by atoms with Crippen LogP contribution in [0.5, 0.6) is 5.75 Å². The van der Waals surface area contributed by atoms with Crippen molar-refractivity contribution in [1.82, 2.24) is 9.97 Å². The minimum Gasteiger partial charge on any atom is -0.490 e. The minimum atomic E-state index is -4.34. The summed E-state index contributed by atoms with van der Waals surface area (Å²) in [4.78, 5) is 7.76. The first-order chi connectivity index (χ1) is 9.91. The normalized spacial score (nSPS) is 11.2. The van der Waals surface area contributed by atoms with Crippen LogP contribution in [0.1, 0.15) is 11.1 Å². The van der Waals surface area contributed by atoms with Crippen molar-refractivity contribution in [3.63, 3.8) is 0 Å². The Balaban J connectivity index is 2.09. The van der Waals surface area contributed by atoms with E-state index >= 15 is 0 Å². The van der Waals surface area contributed by atoms with Crippen LogP contribution in [0.25, 0.3) is 0 Å². The van der Waals surface area contributed by atoms with Crippen LogP contribution in [0.15, 0.2) is 30.6 Å². The Morgan fingerprint density at radius 1 is 1.19 bits per heavy atom. The van der Waals surface area contributed by atoms with Crippen LogP contribution in [0.2, 0.25) is 0 Å². The highest BCUT2D eigenvalue weighted by molar-refractivity contribution is 5.61. The van der Waals surface area contributed by atoms with Gasteiger partial charge in [0.1, 0.15) is 6.33 Å². The quantitative estimate of drug-likeness (QED) is 0.908. The van der Waals surface area contributed by atoms with E-state index in [1.807, 2.05) is 0 Å². The van der Waals surface area contributed by atoms with E-state index in [0.29, 0.717) is 17.1 Å². The zero-order chi connectivity index (χ0) is 15.5. The number of hydrogen-bond acceptors (Lipinski definition) is 5. The third-order valence-electron chi connectivity index (χ3n) is 2.78. The fourth-order valence-corrected chi connectivity index (χ4v) is 1.71. The lowest BCUT2D eigenvalue weighted by molar-refractivity contribution is -0.137. The van der Waals surface area contributed by atoms with Crippen molar-refractivity contribution in [1.29, 1.82) is 0 Å². The van der Waals surface area contributed by atoms with E-state index < -0.39 is 11.7 Å². The molecule has 3 N–H and O–H groups in total. The van der Waals surface area contributed by atoms with Gasteiger partial charge in [-0.05, 0) is 17.7 Å². The first-order valence-corrected chi connectivity index (χ1v) is 5.96. The van der Waals surface area contributed by atoms with Crippen LogP contribution < -0.4 is 15.8 Å². The van der Waals surface area contributed by atoms with Crippen LogP contribution in [0.3, 0.4) is 0 Å². The van der Waals surface area contributed by atoms with Crippen molar-refractivity contribution in [2.45, 2.75) is 12.7 Å². The number of nitrogens with one attached hydrogen (secondary N) is 1. The van der Waals surface area contributed by atoms with Gasteiger partial charge < -0.3 is 15.8 Å². The molecule has 112 valence electrons. The van der Waals surface area contributed by atoms with Gasteiger partial charge >= 0.3 is 6.18 Å². The zero-order valence-corrected chi connectivity index (χ0v) is 11.1. The number of aromatic nitrogens is 2. The average Bonchev–Trinajstić information content (AvgIpc) is 2.44. The molecule has 1 aromatic carbocycles. The molecule has 1 heterocycles. The molecule has 0 saturated carbocycles. The molecule has 2 aromatic rings. The minimum absolute atomic E-state index is 0.183. The molecule has 0 atom stereocenters. The maximum Gasteiger partial charge on any atom is 0.416 e. The third-order valence-corrected chi connectivity index (χ3v) is 2.78. The number of hydrogen-bond donors (Lipinski definition) is 2. The second kappa shape index (κ2) is 5.86. The summed E-state index contributed by atoms with van der Waals surface area (Å²) in [5.41, 5.74) is 5.61. The van der Waals surface area contributed by atoms with Crippen LogP contribution >= 0.6 is 0 Å². The molecular weight excluding hydrogens is 285 g/mol. The number of nitrogens with zero attached hydrogens (tertiary/aromatic N) is 2. The number of rotatable bonds is 4. The molecule has 0 radical (unpaired) electrons. The van der Waals surface area contributed by atoms with E-state index in [1.165, 1.54) is 25.6 Å². The van der Waals surface area contributed by atoms with E-state index in [9.17, 15) is 13.2 Å². The Hall–Kier alpha value is -2.51. The lowest BCUT2D eigenvalue weighted by Gasteiger charge is -2.11. The van der Waals surface area contributed by atoms with E-state index in [2.05, 4.69) is 15.3 Å². The Bertz CT molecular complexity index is 614. The Kier molecular flexibility index (Phi) is 4.15. The first-order valence-electron chi connectivity index (χ1n) is 5.96. The van der Waals surface area contributed by atoms with Crippen molar-refractivity contribution in [2.24, 2.45) is 0 Å². The predicted molar refractivity (Wildman–Crippen MR) is 71.8 cm³/mol. The molecule has 0 spiro atoms.